The maximum Gasteiger partial charge on any atom is 0.144 e. The van der Waals surface area contributed by atoms with Crippen LogP contribution in [0.4, 0.5) is 0 Å². The number of ether oxygens (including phenoxy) is 1. The van der Waals surface area contributed by atoms with Crippen molar-refractivity contribution in [1.29, 1.82) is 0 Å². The zero-order chi connectivity index (χ0) is 13.1. The van der Waals surface area contributed by atoms with Gasteiger partial charge in [-0.2, -0.15) is 4.40 Å². The molecule has 0 aromatic heterocycles. The summed E-state index contributed by atoms with van der Waals surface area (Å²) in [5.41, 5.74) is 1.94. The monoisotopic (exact) mass is 253 g/mol. The molecule has 0 saturated carbocycles. The second-order valence-corrected chi connectivity index (χ2v) is 6.70. The molecule has 0 bridgehead atoms. The van der Waals surface area contributed by atoms with Crippen molar-refractivity contribution >= 4 is 17.2 Å². The van der Waals surface area contributed by atoms with Gasteiger partial charge < -0.3 is 4.74 Å². The molecule has 4 heteroatoms. The SMILES string of the molecule is COc1cccc(C=N[S@](=O)C(C)(C)C)c1C. The maximum atomic E-state index is 11.8. The van der Waals surface area contributed by atoms with E-state index >= 15 is 0 Å². The molecule has 0 aliphatic rings. The summed E-state index contributed by atoms with van der Waals surface area (Å²) in [5.74, 6) is 0.815. The molecule has 0 unspecified atom stereocenters. The van der Waals surface area contributed by atoms with E-state index in [1.807, 2.05) is 45.9 Å². The number of rotatable bonds is 3. The van der Waals surface area contributed by atoms with Crippen molar-refractivity contribution < 1.29 is 8.95 Å². The highest BCUT2D eigenvalue weighted by atomic mass is 32.2. The molecule has 0 N–H and O–H groups in total. The third-order valence-electron chi connectivity index (χ3n) is 2.36. The summed E-state index contributed by atoms with van der Waals surface area (Å²) in [6.07, 6.45) is 1.65. The van der Waals surface area contributed by atoms with Crippen LogP contribution in [0, 0.1) is 6.92 Å². The zero-order valence-electron chi connectivity index (χ0n) is 11.0. The number of benzene rings is 1. The van der Waals surface area contributed by atoms with Gasteiger partial charge in [-0.25, -0.2) is 4.21 Å². The fourth-order valence-corrected chi connectivity index (χ4v) is 1.78. The second-order valence-electron chi connectivity index (χ2n) is 4.77. The average Bonchev–Trinajstić information content (AvgIpc) is 2.26. The second kappa shape index (κ2) is 5.45. The van der Waals surface area contributed by atoms with Crippen LogP contribution in [-0.2, 0) is 11.0 Å². The summed E-state index contributed by atoms with van der Waals surface area (Å²) in [5, 5.41) is 0. The van der Waals surface area contributed by atoms with E-state index in [1.165, 1.54) is 0 Å². The number of hydrogen-bond donors (Lipinski definition) is 0. The number of nitrogens with zero attached hydrogens (tertiary/aromatic N) is 1. The Hall–Kier alpha value is -1.16. The average molecular weight is 253 g/mol. The predicted molar refractivity (Wildman–Crippen MR) is 73.2 cm³/mol. The van der Waals surface area contributed by atoms with Crippen LogP contribution in [0.1, 0.15) is 31.9 Å². The highest BCUT2D eigenvalue weighted by molar-refractivity contribution is 7.85. The molecular weight excluding hydrogens is 234 g/mol. The molecule has 0 spiro atoms. The molecule has 1 atom stereocenters. The quantitative estimate of drug-likeness (QED) is 0.777. The van der Waals surface area contributed by atoms with Crippen LogP contribution in [-0.4, -0.2) is 22.3 Å². The van der Waals surface area contributed by atoms with E-state index in [2.05, 4.69) is 4.40 Å². The Morgan fingerprint density at radius 3 is 2.53 bits per heavy atom. The first-order valence-electron chi connectivity index (χ1n) is 5.46. The fraction of sp³-hybridized carbons (Fsp3) is 0.462. The van der Waals surface area contributed by atoms with Gasteiger partial charge in [0.15, 0.2) is 0 Å². The van der Waals surface area contributed by atoms with Crippen LogP contribution in [0.15, 0.2) is 22.6 Å². The molecule has 17 heavy (non-hydrogen) atoms. The maximum absolute atomic E-state index is 11.8. The molecule has 0 heterocycles. The molecule has 0 radical (unpaired) electrons. The molecule has 0 aliphatic heterocycles. The van der Waals surface area contributed by atoms with E-state index in [1.54, 1.807) is 13.3 Å². The first-order chi connectivity index (χ1) is 7.86. The molecular formula is C13H19NO2S. The lowest BCUT2D eigenvalue weighted by molar-refractivity contribution is 0.411. The zero-order valence-corrected chi connectivity index (χ0v) is 11.8. The van der Waals surface area contributed by atoms with E-state index in [0.29, 0.717) is 0 Å². The highest BCUT2D eigenvalue weighted by Gasteiger charge is 2.18. The van der Waals surface area contributed by atoms with Crippen LogP contribution in [0.2, 0.25) is 0 Å². The van der Waals surface area contributed by atoms with Gasteiger partial charge in [0.2, 0.25) is 0 Å². The summed E-state index contributed by atoms with van der Waals surface area (Å²) in [7, 11) is 0.409. The van der Waals surface area contributed by atoms with E-state index in [0.717, 1.165) is 16.9 Å². The minimum Gasteiger partial charge on any atom is -0.496 e. The lowest BCUT2D eigenvalue weighted by Crippen LogP contribution is -2.19. The fourth-order valence-electron chi connectivity index (χ4n) is 1.26. The van der Waals surface area contributed by atoms with Gasteiger partial charge in [-0.1, -0.05) is 12.1 Å². The molecule has 1 rings (SSSR count). The van der Waals surface area contributed by atoms with Gasteiger partial charge in [-0.3, -0.25) is 0 Å². The Balaban J connectivity index is 2.97. The minimum atomic E-state index is -1.23. The summed E-state index contributed by atoms with van der Waals surface area (Å²) >= 11 is 0. The standard InChI is InChI=1S/C13H19NO2S/c1-10-11(7-6-8-12(10)16-5)9-14-17(15)13(2,3)4/h6-9H,1-5H3/t17-/m1/s1. The van der Waals surface area contributed by atoms with Crippen molar-refractivity contribution in [3.8, 4) is 5.75 Å². The van der Waals surface area contributed by atoms with E-state index in [-0.39, 0.29) is 4.75 Å². The van der Waals surface area contributed by atoms with Crippen molar-refractivity contribution in [3.63, 3.8) is 0 Å². The van der Waals surface area contributed by atoms with Crippen LogP contribution in [0.3, 0.4) is 0 Å². The molecule has 0 amide bonds. The third-order valence-corrected chi connectivity index (χ3v) is 3.70. The van der Waals surface area contributed by atoms with Gasteiger partial charge in [-0.05, 0) is 39.3 Å². The molecule has 0 fully saturated rings. The Morgan fingerprint density at radius 1 is 1.35 bits per heavy atom. The van der Waals surface area contributed by atoms with Crippen molar-refractivity contribution in [2.24, 2.45) is 4.40 Å². The lowest BCUT2D eigenvalue weighted by Gasteiger charge is -2.13. The predicted octanol–water partition coefficient (Wildman–Crippen LogP) is 2.88. The van der Waals surface area contributed by atoms with Gasteiger partial charge in [0.05, 0.1) is 11.9 Å². The van der Waals surface area contributed by atoms with E-state index in [4.69, 9.17) is 4.74 Å². The van der Waals surface area contributed by atoms with Gasteiger partial charge in [0.25, 0.3) is 0 Å². The smallest absolute Gasteiger partial charge is 0.144 e. The molecule has 0 aliphatic carbocycles. The normalized spacial score (nSPS) is 13.9. The van der Waals surface area contributed by atoms with Crippen LogP contribution < -0.4 is 4.74 Å². The van der Waals surface area contributed by atoms with Crippen molar-refractivity contribution in [2.45, 2.75) is 32.4 Å². The van der Waals surface area contributed by atoms with Crippen LogP contribution >= 0.6 is 0 Å². The first-order valence-corrected chi connectivity index (χ1v) is 6.56. The van der Waals surface area contributed by atoms with Crippen molar-refractivity contribution in [2.75, 3.05) is 7.11 Å². The number of hydrogen-bond acceptors (Lipinski definition) is 2. The molecule has 1 aromatic carbocycles. The summed E-state index contributed by atoms with van der Waals surface area (Å²) in [4.78, 5) is 0. The molecule has 94 valence electrons. The van der Waals surface area contributed by atoms with Crippen LogP contribution in [0.5, 0.6) is 5.75 Å². The van der Waals surface area contributed by atoms with Gasteiger partial charge >= 0.3 is 0 Å². The van der Waals surface area contributed by atoms with E-state index < -0.39 is 11.0 Å². The van der Waals surface area contributed by atoms with Crippen LogP contribution in [0.25, 0.3) is 0 Å². The Morgan fingerprint density at radius 2 is 2.00 bits per heavy atom. The molecule has 3 nitrogen and oxygen atoms in total. The summed E-state index contributed by atoms with van der Waals surface area (Å²) < 4.78 is 20.8. The summed E-state index contributed by atoms with van der Waals surface area (Å²) in [6, 6.07) is 5.72. The molecule has 1 aromatic rings. The van der Waals surface area contributed by atoms with E-state index in [9.17, 15) is 4.21 Å². The topological polar surface area (TPSA) is 38.7 Å². The highest BCUT2D eigenvalue weighted by Crippen LogP contribution is 2.20. The Labute approximate surface area is 106 Å². The Kier molecular flexibility index (Phi) is 4.46. The lowest BCUT2D eigenvalue weighted by atomic mass is 10.1. The first kappa shape index (κ1) is 13.9. The van der Waals surface area contributed by atoms with Gasteiger partial charge in [-0.15, -0.1) is 0 Å². The summed E-state index contributed by atoms with van der Waals surface area (Å²) in [6.45, 7) is 7.66. The Bertz CT molecular complexity index is 447. The van der Waals surface area contributed by atoms with Crippen molar-refractivity contribution in [3.05, 3.63) is 29.3 Å². The van der Waals surface area contributed by atoms with Crippen molar-refractivity contribution in [1.82, 2.24) is 0 Å². The number of methoxy groups -OCH3 is 1. The molecule has 0 saturated heterocycles. The van der Waals surface area contributed by atoms with Gasteiger partial charge in [0.1, 0.15) is 16.7 Å². The largest absolute Gasteiger partial charge is 0.496 e. The third kappa shape index (κ3) is 3.66. The van der Waals surface area contributed by atoms with Gasteiger partial charge in [0, 0.05) is 11.8 Å². The minimum absolute atomic E-state index is 0.330.